The van der Waals surface area contributed by atoms with Crippen molar-refractivity contribution in [2.45, 2.75) is 0 Å². The maximum atomic E-state index is 11.7. The van der Waals surface area contributed by atoms with E-state index in [4.69, 9.17) is 4.74 Å². The van der Waals surface area contributed by atoms with E-state index in [9.17, 15) is 14.7 Å². The lowest BCUT2D eigenvalue weighted by atomic mass is 10.2. The minimum atomic E-state index is -0.516. The van der Waals surface area contributed by atoms with Crippen LogP contribution in [-0.4, -0.2) is 17.4 Å². The monoisotopic (exact) mass is 242 g/mol. The average molecular weight is 242 g/mol. The van der Waals surface area contributed by atoms with Crippen LogP contribution in [0.15, 0.2) is 48.5 Å². The van der Waals surface area contributed by atoms with Crippen LogP contribution >= 0.6 is 0 Å². The fourth-order valence-electron chi connectivity index (χ4n) is 1.43. The van der Waals surface area contributed by atoms with Gasteiger partial charge in [0.05, 0.1) is 11.1 Å². The van der Waals surface area contributed by atoms with Gasteiger partial charge in [-0.3, -0.25) is 4.79 Å². The molecule has 0 spiro atoms. The smallest absolute Gasteiger partial charge is 0.343 e. The van der Waals surface area contributed by atoms with Crippen LogP contribution in [0.2, 0.25) is 0 Å². The molecule has 90 valence electrons. The highest BCUT2D eigenvalue weighted by molar-refractivity contribution is 5.91. The third-order valence-electron chi connectivity index (χ3n) is 2.35. The van der Waals surface area contributed by atoms with Crippen molar-refractivity contribution in [3.8, 4) is 11.5 Å². The number of hydrogen-bond donors (Lipinski definition) is 1. The second kappa shape index (κ2) is 5.14. The molecule has 2 aromatic carbocycles. The van der Waals surface area contributed by atoms with Gasteiger partial charge in [-0.15, -0.1) is 0 Å². The Kier molecular flexibility index (Phi) is 3.38. The molecule has 0 radical (unpaired) electrons. The predicted octanol–water partition coefficient (Wildman–Crippen LogP) is 2.42. The van der Waals surface area contributed by atoms with Crippen LogP contribution in [0.5, 0.6) is 11.5 Å². The molecule has 0 aliphatic rings. The van der Waals surface area contributed by atoms with Crippen molar-refractivity contribution < 1.29 is 19.4 Å². The molecule has 0 aliphatic carbocycles. The largest absolute Gasteiger partial charge is 0.507 e. The highest BCUT2D eigenvalue weighted by atomic mass is 16.5. The number of benzene rings is 2. The van der Waals surface area contributed by atoms with E-state index < -0.39 is 5.97 Å². The Bertz CT molecular complexity index is 576. The van der Waals surface area contributed by atoms with E-state index in [1.54, 1.807) is 30.3 Å². The van der Waals surface area contributed by atoms with Crippen molar-refractivity contribution >= 4 is 12.3 Å². The van der Waals surface area contributed by atoms with Crippen LogP contribution in [0.25, 0.3) is 0 Å². The first-order chi connectivity index (χ1) is 8.70. The minimum Gasteiger partial charge on any atom is -0.507 e. The Balaban J connectivity index is 2.20. The first-order valence-electron chi connectivity index (χ1n) is 5.26. The van der Waals surface area contributed by atoms with Gasteiger partial charge in [-0.2, -0.15) is 0 Å². The van der Waals surface area contributed by atoms with E-state index >= 15 is 0 Å². The molecule has 0 bridgehead atoms. The van der Waals surface area contributed by atoms with Gasteiger partial charge in [0.25, 0.3) is 0 Å². The summed E-state index contributed by atoms with van der Waals surface area (Å²) in [5.41, 5.74) is 0.492. The van der Waals surface area contributed by atoms with Crippen molar-refractivity contribution in [2.24, 2.45) is 0 Å². The van der Waals surface area contributed by atoms with Crippen LogP contribution in [-0.2, 0) is 0 Å². The molecule has 4 nitrogen and oxygen atoms in total. The van der Waals surface area contributed by atoms with Gasteiger partial charge in [-0.05, 0) is 30.3 Å². The zero-order valence-electron chi connectivity index (χ0n) is 9.37. The number of ether oxygens (including phenoxy) is 1. The zero-order valence-corrected chi connectivity index (χ0v) is 9.37. The topological polar surface area (TPSA) is 63.6 Å². The van der Waals surface area contributed by atoms with E-state index in [2.05, 4.69) is 0 Å². The van der Waals surface area contributed by atoms with Crippen LogP contribution in [0.1, 0.15) is 20.7 Å². The Morgan fingerprint density at radius 2 is 1.83 bits per heavy atom. The number of carbonyl (C=O) groups is 2. The molecule has 2 rings (SSSR count). The third kappa shape index (κ3) is 2.55. The molecule has 0 atom stereocenters. The van der Waals surface area contributed by atoms with E-state index in [1.165, 1.54) is 18.2 Å². The summed E-state index contributed by atoms with van der Waals surface area (Å²) in [6.07, 6.45) is 0.495. The van der Waals surface area contributed by atoms with Gasteiger partial charge in [0.15, 0.2) is 6.29 Å². The predicted molar refractivity (Wildman–Crippen MR) is 64.9 cm³/mol. The molecule has 0 saturated heterocycles. The number of hydrogen-bond acceptors (Lipinski definition) is 4. The summed E-state index contributed by atoms with van der Waals surface area (Å²) >= 11 is 0. The molecule has 0 heterocycles. The molecule has 0 aromatic heterocycles. The second-order valence-electron chi connectivity index (χ2n) is 3.59. The van der Waals surface area contributed by atoms with Crippen molar-refractivity contribution in [2.75, 3.05) is 0 Å². The summed E-state index contributed by atoms with van der Waals surface area (Å²) in [6.45, 7) is 0. The third-order valence-corrected chi connectivity index (χ3v) is 2.35. The van der Waals surface area contributed by atoms with E-state index in [1.807, 2.05) is 0 Å². The molecule has 0 unspecified atom stereocenters. The van der Waals surface area contributed by atoms with Crippen LogP contribution < -0.4 is 4.74 Å². The number of aromatic hydroxyl groups is 1. The highest BCUT2D eigenvalue weighted by Crippen LogP contribution is 2.22. The molecule has 2 aromatic rings. The Morgan fingerprint density at radius 3 is 2.50 bits per heavy atom. The molecular formula is C14H10O4. The highest BCUT2D eigenvalue weighted by Gasteiger charge is 2.09. The minimum absolute atomic E-state index is 0.0772. The van der Waals surface area contributed by atoms with Gasteiger partial charge in [0.2, 0.25) is 0 Å². The molecule has 4 heteroatoms. The van der Waals surface area contributed by atoms with Crippen molar-refractivity contribution in [1.29, 1.82) is 0 Å². The average Bonchev–Trinajstić information content (AvgIpc) is 2.42. The molecule has 0 aliphatic heterocycles. The number of rotatable bonds is 3. The lowest BCUT2D eigenvalue weighted by molar-refractivity contribution is 0.0734. The summed E-state index contributed by atoms with van der Waals surface area (Å²) in [5, 5.41) is 9.31. The fraction of sp³-hybridized carbons (Fsp3) is 0. The summed E-state index contributed by atoms with van der Waals surface area (Å²) in [4.78, 5) is 22.4. The lowest BCUT2D eigenvalue weighted by Crippen LogP contribution is -2.08. The van der Waals surface area contributed by atoms with Gasteiger partial charge >= 0.3 is 5.97 Å². The first-order valence-corrected chi connectivity index (χ1v) is 5.26. The summed E-state index contributed by atoms with van der Waals surface area (Å²) in [7, 11) is 0. The second-order valence-corrected chi connectivity index (χ2v) is 3.59. The Labute approximate surface area is 103 Å². The zero-order chi connectivity index (χ0) is 13.0. The number of carbonyl (C=O) groups excluding carboxylic acids is 2. The van der Waals surface area contributed by atoms with Gasteiger partial charge in [0.1, 0.15) is 11.5 Å². The van der Waals surface area contributed by atoms with Gasteiger partial charge in [-0.1, -0.05) is 18.2 Å². The fourth-order valence-corrected chi connectivity index (χ4v) is 1.43. The molecule has 0 saturated carbocycles. The Hall–Kier alpha value is -2.62. The summed E-state index contributed by atoms with van der Waals surface area (Å²) in [6, 6.07) is 12.5. The first kappa shape index (κ1) is 11.9. The van der Waals surface area contributed by atoms with Crippen molar-refractivity contribution in [3.63, 3.8) is 0 Å². The number of phenolic OH excluding ortho intramolecular Hbond substituents is 1. The maximum Gasteiger partial charge on any atom is 0.343 e. The standard InChI is InChI=1S/C14H10O4/c15-9-11-8-12(6-7-13(11)16)18-14(17)10-4-2-1-3-5-10/h1-9,16H. The maximum absolute atomic E-state index is 11.7. The molecule has 0 amide bonds. The molecule has 0 fully saturated rings. The lowest BCUT2D eigenvalue weighted by Gasteiger charge is -2.05. The van der Waals surface area contributed by atoms with Crippen molar-refractivity contribution in [3.05, 3.63) is 59.7 Å². The quantitative estimate of drug-likeness (QED) is 0.510. The number of aldehydes is 1. The van der Waals surface area contributed by atoms with E-state index in [0.29, 0.717) is 11.8 Å². The molecular weight excluding hydrogens is 232 g/mol. The summed E-state index contributed by atoms with van der Waals surface area (Å²) < 4.78 is 5.09. The number of esters is 1. The van der Waals surface area contributed by atoms with Gasteiger partial charge in [-0.25, -0.2) is 4.79 Å². The normalized spacial score (nSPS) is 9.78. The Morgan fingerprint density at radius 1 is 1.11 bits per heavy atom. The van der Waals surface area contributed by atoms with Crippen LogP contribution in [0.4, 0.5) is 0 Å². The number of phenols is 1. The SMILES string of the molecule is O=Cc1cc(OC(=O)c2ccccc2)ccc1O. The van der Waals surface area contributed by atoms with Gasteiger partial charge < -0.3 is 9.84 Å². The van der Waals surface area contributed by atoms with Crippen molar-refractivity contribution in [1.82, 2.24) is 0 Å². The van der Waals surface area contributed by atoms with E-state index in [-0.39, 0.29) is 17.1 Å². The van der Waals surface area contributed by atoms with Crippen LogP contribution in [0, 0.1) is 0 Å². The van der Waals surface area contributed by atoms with Gasteiger partial charge in [0, 0.05) is 0 Å². The molecule has 1 N–H and O–H groups in total. The van der Waals surface area contributed by atoms with Crippen LogP contribution in [0.3, 0.4) is 0 Å². The molecule has 18 heavy (non-hydrogen) atoms. The summed E-state index contributed by atoms with van der Waals surface area (Å²) in [5.74, 6) is -0.452. The van der Waals surface area contributed by atoms with E-state index in [0.717, 1.165) is 0 Å².